The van der Waals surface area contributed by atoms with Crippen LogP contribution >= 0.6 is 11.6 Å². The van der Waals surface area contributed by atoms with Crippen LogP contribution in [0.5, 0.6) is 0 Å². The molecule has 0 unspecified atom stereocenters. The fourth-order valence-electron chi connectivity index (χ4n) is 2.09. The highest BCUT2D eigenvalue weighted by molar-refractivity contribution is 6.33. The lowest BCUT2D eigenvalue weighted by Crippen LogP contribution is -2.43. The van der Waals surface area contributed by atoms with Gasteiger partial charge in [-0.1, -0.05) is 23.7 Å². The summed E-state index contributed by atoms with van der Waals surface area (Å²) in [5.41, 5.74) is 4.81. The molecule has 0 spiro atoms. The standard InChI is InChI=1S/C15H18ClN3O4/c16-12-4-2-1-3-11(12)15(22)18-17-13(20)5-6-14(21)19-7-9-23-10-8-19/h1-4H,5-10H2,(H,17,20)(H,18,22). The van der Waals surface area contributed by atoms with Crippen LogP contribution in [0.4, 0.5) is 0 Å². The zero-order valence-corrected chi connectivity index (χ0v) is 13.3. The van der Waals surface area contributed by atoms with Crippen LogP contribution in [-0.2, 0) is 14.3 Å². The monoisotopic (exact) mass is 339 g/mol. The second-order valence-corrected chi connectivity index (χ2v) is 5.38. The van der Waals surface area contributed by atoms with Crippen molar-refractivity contribution in [3.63, 3.8) is 0 Å². The Kier molecular flexibility index (Phi) is 6.37. The van der Waals surface area contributed by atoms with Gasteiger partial charge in [0.05, 0.1) is 23.8 Å². The molecule has 1 aliphatic rings. The van der Waals surface area contributed by atoms with Crippen LogP contribution < -0.4 is 10.9 Å². The molecule has 0 atom stereocenters. The normalized spacial score (nSPS) is 14.2. The van der Waals surface area contributed by atoms with Crippen molar-refractivity contribution in [1.82, 2.24) is 15.8 Å². The Morgan fingerprint density at radius 2 is 1.78 bits per heavy atom. The zero-order chi connectivity index (χ0) is 16.7. The first kappa shape index (κ1) is 17.2. The lowest BCUT2D eigenvalue weighted by Gasteiger charge is -2.26. The number of halogens is 1. The molecule has 2 N–H and O–H groups in total. The van der Waals surface area contributed by atoms with Gasteiger partial charge in [0.1, 0.15) is 0 Å². The molecule has 1 aromatic rings. The van der Waals surface area contributed by atoms with Gasteiger partial charge in [-0.15, -0.1) is 0 Å². The predicted molar refractivity (Wildman–Crippen MR) is 83.7 cm³/mol. The molecule has 0 aliphatic carbocycles. The van der Waals surface area contributed by atoms with Crippen molar-refractivity contribution in [3.8, 4) is 0 Å². The summed E-state index contributed by atoms with van der Waals surface area (Å²) in [5, 5.41) is 0.293. The Morgan fingerprint density at radius 3 is 2.48 bits per heavy atom. The largest absolute Gasteiger partial charge is 0.378 e. The van der Waals surface area contributed by atoms with Gasteiger partial charge in [-0.2, -0.15) is 0 Å². The average Bonchev–Trinajstić information content (AvgIpc) is 2.58. The number of carbonyl (C=O) groups excluding carboxylic acids is 3. The zero-order valence-electron chi connectivity index (χ0n) is 12.5. The minimum atomic E-state index is -0.511. The summed E-state index contributed by atoms with van der Waals surface area (Å²) in [4.78, 5) is 37.1. The molecule has 0 saturated carbocycles. The number of morpholine rings is 1. The van der Waals surface area contributed by atoms with Gasteiger partial charge in [0.15, 0.2) is 0 Å². The van der Waals surface area contributed by atoms with E-state index in [4.69, 9.17) is 16.3 Å². The molecule has 7 nitrogen and oxygen atoms in total. The van der Waals surface area contributed by atoms with E-state index in [9.17, 15) is 14.4 Å². The Hall–Kier alpha value is -2.12. The molecular formula is C15H18ClN3O4. The maximum absolute atomic E-state index is 11.9. The summed E-state index contributed by atoms with van der Waals surface area (Å²) >= 11 is 5.89. The van der Waals surface area contributed by atoms with Crippen LogP contribution in [0.2, 0.25) is 5.02 Å². The number of nitrogens with one attached hydrogen (secondary N) is 2. The highest BCUT2D eigenvalue weighted by Crippen LogP contribution is 2.14. The van der Waals surface area contributed by atoms with E-state index in [1.165, 1.54) is 0 Å². The van der Waals surface area contributed by atoms with Gasteiger partial charge in [0, 0.05) is 25.9 Å². The topological polar surface area (TPSA) is 87.7 Å². The number of rotatable bonds is 4. The Bertz CT molecular complexity index is 588. The summed E-state index contributed by atoms with van der Waals surface area (Å²) in [5.74, 6) is -1.05. The lowest BCUT2D eigenvalue weighted by molar-refractivity contribution is -0.137. The van der Waals surface area contributed by atoms with Gasteiger partial charge in [-0.3, -0.25) is 25.2 Å². The highest BCUT2D eigenvalue weighted by atomic mass is 35.5. The first-order valence-electron chi connectivity index (χ1n) is 7.27. The van der Waals surface area contributed by atoms with E-state index >= 15 is 0 Å². The number of carbonyl (C=O) groups is 3. The van der Waals surface area contributed by atoms with Gasteiger partial charge < -0.3 is 9.64 Å². The molecule has 1 saturated heterocycles. The summed E-state index contributed by atoms with van der Waals surface area (Å²) < 4.78 is 5.16. The maximum Gasteiger partial charge on any atom is 0.271 e. The minimum Gasteiger partial charge on any atom is -0.378 e. The summed E-state index contributed by atoms with van der Waals surface area (Å²) in [7, 11) is 0. The molecule has 1 aliphatic heterocycles. The molecule has 1 fully saturated rings. The van der Waals surface area contributed by atoms with E-state index in [0.29, 0.717) is 31.3 Å². The Labute approximate surface area is 138 Å². The SMILES string of the molecule is O=C(CCC(=O)N1CCOCC1)NNC(=O)c1ccccc1Cl. The van der Waals surface area contributed by atoms with Crippen LogP contribution in [0.15, 0.2) is 24.3 Å². The van der Waals surface area contributed by atoms with E-state index in [1.54, 1.807) is 29.2 Å². The van der Waals surface area contributed by atoms with Crippen molar-refractivity contribution in [2.24, 2.45) is 0 Å². The van der Waals surface area contributed by atoms with Gasteiger partial charge in [-0.25, -0.2) is 0 Å². The number of hydrogen-bond donors (Lipinski definition) is 2. The van der Waals surface area contributed by atoms with Crippen molar-refractivity contribution in [1.29, 1.82) is 0 Å². The third-order valence-corrected chi connectivity index (χ3v) is 3.69. The fraction of sp³-hybridized carbons (Fsp3) is 0.400. The second-order valence-electron chi connectivity index (χ2n) is 4.98. The van der Waals surface area contributed by atoms with Crippen LogP contribution in [0, 0.1) is 0 Å². The van der Waals surface area contributed by atoms with E-state index < -0.39 is 11.8 Å². The van der Waals surface area contributed by atoms with Gasteiger partial charge in [-0.05, 0) is 12.1 Å². The number of amides is 3. The quantitative estimate of drug-likeness (QED) is 0.792. The first-order valence-corrected chi connectivity index (χ1v) is 7.65. The van der Waals surface area contributed by atoms with Gasteiger partial charge >= 0.3 is 0 Å². The predicted octanol–water partition coefficient (Wildman–Crippen LogP) is 0.740. The molecule has 23 heavy (non-hydrogen) atoms. The number of benzene rings is 1. The van der Waals surface area contributed by atoms with Gasteiger partial charge in [0.25, 0.3) is 5.91 Å². The lowest BCUT2D eigenvalue weighted by atomic mass is 10.2. The number of hydrogen-bond acceptors (Lipinski definition) is 4. The highest BCUT2D eigenvalue weighted by Gasteiger charge is 2.18. The molecule has 124 valence electrons. The van der Waals surface area contributed by atoms with Crippen LogP contribution in [-0.4, -0.2) is 48.9 Å². The van der Waals surface area contributed by atoms with Crippen molar-refractivity contribution in [2.75, 3.05) is 26.3 Å². The molecule has 0 aromatic heterocycles. The Morgan fingerprint density at radius 1 is 1.09 bits per heavy atom. The van der Waals surface area contributed by atoms with Crippen molar-refractivity contribution in [3.05, 3.63) is 34.9 Å². The number of nitrogens with zero attached hydrogens (tertiary/aromatic N) is 1. The molecule has 0 radical (unpaired) electrons. The van der Waals surface area contributed by atoms with Crippen LogP contribution in [0.1, 0.15) is 23.2 Å². The molecule has 1 aromatic carbocycles. The smallest absolute Gasteiger partial charge is 0.271 e. The van der Waals surface area contributed by atoms with Gasteiger partial charge in [0.2, 0.25) is 11.8 Å². The third kappa shape index (κ3) is 5.22. The molecule has 0 bridgehead atoms. The number of hydrazine groups is 1. The van der Waals surface area contributed by atoms with Crippen LogP contribution in [0.25, 0.3) is 0 Å². The Balaban J connectivity index is 1.71. The summed E-state index contributed by atoms with van der Waals surface area (Å²) in [6, 6.07) is 6.50. The third-order valence-electron chi connectivity index (χ3n) is 3.36. The molecular weight excluding hydrogens is 322 g/mol. The summed E-state index contributed by atoms with van der Waals surface area (Å²) in [6.45, 7) is 2.13. The molecule has 3 amide bonds. The first-order chi connectivity index (χ1) is 11.1. The van der Waals surface area contributed by atoms with E-state index in [1.807, 2.05) is 0 Å². The maximum atomic E-state index is 11.9. The van der Waals surface area contributed by atoms with Crippen molar-refractivity contribution >= 4 is 29.3 Å². The van der Waals surface area contributed by atoms with Crippen LogP contribution in [0.3, 0.4) is 0 Å². The van der Waals surface area contributed by atoms with Crippen molar-refractivity contribution in [2.45, 2.75) is 12.8 Å². The summed E-state index contributed by atoms with van der Waals surface area (Å²) in [6.07, 6.45) is 0.0901. The van der Waals surface area contributed by atoms with E-state index in [2.05, 4.69) is 10.9 Å². The molecule has 2 rings (SSSR count). The molecule has 1 heterocycles. The number of ether oxygens (including phenoxy) is 1. The molecule has 8 heteroatoms. The van der Waals surface area contributed by atoms with E-state index in [0.717, 1.165) is 0 Å². The second kappa shape index (κ2) is 8.50. The van der Waals surface area contributed by atoms with E-state index in [-0.39, 0.29) is 24.3 Å². The minimum absolute atomic E-state index is 0.001000. The van der Waals surface area contributed by atoms with Crippen molar-refractivity contribution < 1.29 is 19.1 Å². The average molecular weight is 340 g/mol. The fourth-order valence-corrected chi connectivity index (χ4v) is 2.31.